The van der Waals surface area contributed by atoms with E-state index >= 15 is 0 Å². The van der Waals surface area contributed by atoms with E-state index in [1.54, 1.807) is 13.8 Å². The van der Waals surface area contributed by atoms with E-state index < -0.39 is 34.1 Å². The van der Waals surface area contributed by atoms with Crippen LogP contribution < -0.4 is 15.6 Å². The van der Waals surface area contributed by atoms with Crippen molar-refractivity contribution in [3.05, 3.63) is 68.0 Å². The molecule has 0 fully saturated rings. The van der Waals surface area contributed by atoms with Crippen molar-refractivity contribution >= 4 is 81.4 Å². The highest BCUT2D eigenvalue weighted by atomic mass is 16.5. The van der Waals surface area contributed by atoms with Crippen molar-refractivity contribution in [1.29, 1.82) is 0 Å². The van der Waals surface area contributed by atoms with E-state index in [-0.39, 0.29) is 66.8 Å². The first-order chi connectivity index (χ1) is 27.5. The zero-order chi connectivity index (χ0) is 40.3. The van der Waals surface area contributed by atoms with Gasteiger partial charge in [0.15, 0.2) is 0 Å². The Labute approximate surface area is 328 Å². The van der Waals surface area contributed by atoms with Crippen molar-refractivity contribution in [2.45, 2.75) is 111 Å². The summed E-state index contributed by atoms with van der Waals surface area (Å²) in [5.74, 6) is -2.77. The molecule has 0 atom stereocenters. The van der Waals surface area contributed by atoms with E-state index in [4.69, 9.17) is 4.74 Å². The predicted molar refractivity (Wildman–Crippen MR) is 229 cm³/mol. The smallest absolute Gasteiger partial charge is 0.311 e. The number of phenolic OH excluding ortho intramolecular Hbond substituents is 5. The summed E-state index contributed by atoms with van der Waals surface area (Å²) in [5.41, 5.74) is -0.109. The van der Waals surface area contributed by atoms with Crippen LogP contribution in [0, 0.1) is 13.8 Å². The second-order valence-electron chi connectivity index (χ2n) is 16.0. The maximum atomic E-state index is 14.8. The number of carbonyl (C=O) groups excluding carboxylic acids is 1. The first kappa shape index (κ1) is 38.1. The number of hydrogen-bond acceptors (Lipinski definition) is 9. The molecule has 0 spiro atoms. The molecular formula is C48H48O9. The summed E-state index contributed by atoms with van der Waals surface area (Å²) in [6.45, 7) is 5.78. The van der Waals surface area contributed by atoms with E-state index in [9.17, 15) is 39.9 Å². The van der Waals surface area contributed by atoms with Crippen molar-refractivity contribution in [2.75, 3.05) is 0 Å². The summed E-state index contributed by atoms with van der Waals surface area (Å²) in [7, 11) is 0. The zero-order valence-corrected chi connectivity index (χ0v) is 32.7. The summed E-state index contributed by atoms with van der Waals surface area (Å²) >= 11 is 0. The van der Waals surface area contributed by atoms with Crippen LogP contribution in [-0.4, -0.2) is 31.5 Å². The van der Waals surface area contributed by atoms with Gasteiger partial charge in [0, 0.05) is 61.6 Å². The molecule has 0 saturated carbocycles. The number of esters is 1. The maximum Gasteiger partial charge on any atom is 0.311 e. The molecule has 9 heteroatoms. The average molecular weight is 769 g/mol. The van der Waals surface area contributed by atoms with Gasteiger partial charge in [-0.2, -0.15) is 0 Å². The lowest BCUT2D eigenvalue weighted by molar-refractivity contribution is -0.134. The molecule has 9 nitrogen and oxygen atoms in total. The second kappa shape index (κ2) is 14.9. The van der Waals surface area contributed by atoms with E-state index in [1.165, 1.54) is 50.7 Å². The van der Waals surface area contributed by atoms with Gasteiger partial charge in [-0.15, -0.1) is 0 Å². The highest BCUT2D eigenvalue weighted by Gasteiger charge is 2.33. The first-order valence-corrected chi connectivity index (χ1v) is 20.4. The third-order valence-corrected chi connectivity index (χ3v) is 12.1. The Bertz CT molecular complexity index is 2950. The molecule has 0 aliphatic heterocycles. The van der Waals surface area contributed by atoms with Gasteiger partial charge >= 0.3 is 5.97 Å². The van der Waals surface area contributed by atoms with Gasteiger partial charge in [0.2, 0.25) is 10.9 Å². The molecule has 294 valence electrons. The SMILES string of the molecule is CCCCCCCC/C=C\CCCCCCCC(=O)Oc1cc(O)c2c3c(O)cc(O)c4c(=O)c5c(O)cc(C)c6c7c(C)cc(O)c8c(=O)c1c2c(c87)c(c56)c43. The molecule has 8 aromatic rings. The van der Waals surface area contributed by atoms with Gasteiger partial charge < -0.3 is 30.3 Å². The Kier molecular flexibility index (Phi) is 9.96. The number of aromatic hydroxyl groups is 5. The highest BCUT2D eigenvalue weighted by molar-refractivity contribution is 6.51. The lowest BCUT2D eigenvalue weighted by Crippen LogP contribution is -2.13. The summed E-state index contributed by atoms with van der Waals surface area (Å²) < 4.78 is 5.88. The normalized spacial score (nSPS) is 12.5. The van der Waals surface area contributed by atoms with E-state index in [1.807, 2.05) is 0 Å². The lowest BCUT2D eigenvalue weighted by Gasteiger charge is -2.25. The number of phenols is 5. The fraction of sp³-hybridized carbons (Fsp3) is 0.354. The molecule has 0 aliphatic rings. The zero-order valence-electron chi connectivity index (χ0n) is 32.7. The van der Waals surface area contributed by atoms with Crippen LogP contribution in [0.4, 0.5) is 0 Å². The molecule has 8 aromatic carbocycles. The standard InChI is InChI=1S/C48H48O9/c1-4-5-6-7-8-9-10-11-12-13-14-15-16-17-18-19-32(54)57-31-23-30(53)36-35-28(51)22-29(52)39-43(35)45-41-33(24(2)20-26(49)37(41)47(39)55)34-25(3)21-27(50)38-42(34)46(45)44(36)40(31)48(38)56/h11-12,20-23,49-53H,4-10,13-19H2,1-3H3/b12-11-. The fourth-order valence-corrected chi connectivity index (χ4v) is 9.56. The molecular weight excluding hydrogens is 721 g/mol. The first-order valence-electron chi connectivity index (χ1n) is 20.4. The number of allylic oxidation sites excluding steroid dienone is 2. The molecule has 0 aliphatic carbocycles. The van der Waals surface area contributed by atoms with Gasteiger partial charge in [-0.1, -0.05) is 70.4 Å². The lowest BCUT2D eigenvalue weighted by atomic mass is 9.78. The van der Waals surface area contributed by atoms with Gasteiger partial charge in [-0.25, -0.2) is 0 Å². The van der Waals surface area contributed by atoms with Crippen molar-refractivity contribution in [3.8, 4) is 34.5 Å². The van der Waals surface area contributed by atoms with Crippen LogP contribution in [0.5, 0.6) is 34.5 Å². The van der Waals surface area contributed by atoms with Crippen LogP contribution in [0.3, 0.4) is 0 Å². The summed E-state index contributed by atoms with van der Waals surface area (Å²) in [6, 6.07) is 5.11. The Morgan fingerprint density at radius 1 is 0.474 bits per heavy atom. The Balaban J connectivity index is 1.16. The topological polar surface area (TPSA) is 162 Å². The molecule has 0 heterocycles. The number of ether oxygens (including phenoxy) is 1. The van der Waals surface area contributed by atoms with Crippen molar-refractivity contribution in [2.24, 2.45) is 0 Å². The van der Waals surface area contributed by atoms with Gasteiger partial charge in [0.25, 0.3) is 0 Å². The Hall–Kier alpha value is -5.83. The van der Waals surface area contributed by atoms with Gasteiger partial charge in [-0.05, 0) is 80.0 Å². The average Bonchev–Trinajstić information content (AvgIpc) is 3.15. The Morgan fingerprint density at radius 3 is 1.40 bits per heavy atom. The number of carbonyl (C=O) groups is 1. The molecule has 0 saturated heterocycles. The number of aryl methyl sites for hydroxylation is 2. The highest BCUT2D eigenvalue weighted by Crippen LogP contribution is 2.57. The molecule has 0 aromatic heterocycles. The number of rotatable bonds is 16. The molecule has 0 bridgehead atoms. The third-order valence-electron chi connectivity index (χ3n) is 12.1. The third kappa shape index (κ3) is 6.01. The molecule has 0 radical (unpaired) electrons. The van der Waals surface area contributed by atoms with Gasteiger partial charge in [-0.3, -0.25) is 14.4 Å². The van der Waals surface area contributed by atoms with Gasteiger partial charge in [0.05, 0.1) is 21.5 Å². The molecule has 5 N–H and O–H groups in total. The maximum absolute atomic E-state index is 14.8. The van der Waals surface area contributed by atoms with E-state index in [2.05, 4.69) is 19.1 Å². The van der Waals surface area contributed by atoms with Gasteiger partial charge in [0.1, 0.15) is 34.5 Å². The Morgan fingerprint density at radius 2 is 0.860 bits per heavy atom. The molecule has 0 amide bonds. The number of fused-ring (bicyclic) bond motifs is 2. The second-order valence-corrected chi connectivity index (χ2v) is 16.0. The fourth-order valence-electron chi connectivity index (χ4n) is 9.56. The van der Waals surface area contributed by atoms with Crippen molar-refractivity contribution < 1.29 is 35.1 Å². The minimum absolute atomic E-state index is 0.0176. The summed E-state index contributed by atoms with van der Waals surface area (Å²) in [6.07, 6.45) is 19.2. The molecule has 0 unspecified atom stereocenters. The largest absolute Gasteiger partial charge is 0.507 e. The van der Waals surface area contributed by atoms with Crippen LogP contribution >= 0.6 is 0 Å². The minimum Gasteiger partial charge on any atom is -0.507 e. The number of hydrogen-bond donors (Lipinski definition) is 5. The number of unbranched alkanes of at least 4 members (excludes halogenated alkanes) is 11. The molecule has 57 heavy (non-hydrogen) atoms. The predicted octanol–water partition coefficient (Wildman–Crippen LogP) is 11.3. The van der Waals surface area contributed by atoms with Crippen LogP contribution in [0.15, 0.2) is 46.0 Å². The van der Waals surface area contributed by atoms with Crippen molar-refractivity contribution in [3.63, 3.8) is 0 Å². The van der Waals surface area contributed by atoms with Crippen LogP contribution in [0.25, 0.3) is 75.4 Å². The van der Waals surface area contributed by atoms with Crippen LogP contribution in [0.2, 0.25) is 0 Å². The van der Waals surface area contributed by atoms with E-state index in [0.717, 1.165) is 50.7 Å². The molecule has 8 rings (SSSR count). The quantitative estimate of drug-likeness (QED) is 0.0161. The summed E-state index contributed by atoms with van der Waals surface area (Å²) in [4.78, 5) is 42.4. The summed E-state index contributed by atoms with van der Waals surface area (Å²) in [5, 5.41) is 59.7. The van der Waals surface area contributed by atoms with Crippen molar-refractivity contribution in [1.82, 2.24) is 0 Å². The van der Waals surface area contributed by atoms with E-state index in [0.29, 0.717) is 49.9 Å². The number of benzene rings is 8. The monoisotopic (exact) mass is 768 g/mol. The van der Waals surface area contributed by atoms with Crippen LogP contribution in [0.1, 0.15) is 108 Å². The van der Waals surface area contributed by atoms with Crippen LogP contribution in [-0.2, 0) is 4.79 Å². The minimum atomic E-state index is -0.668.